The van der Waals surface area contributed by atoms with Gasteiger partial charge in [-0.3, -0.25) is 0 Å². The molecule has 0 saturated carbocycles. The van der Waals surface area contributed by atoms with Crippen molar-refractivity contribution in [1.82, 2.24) is 0 Å². The van der Waals surface area contributed by atoms with Crippen LogP contribution in [0.5, 0.6) is 0 Å². The lowest BCUT2D eigenvalue weighted by molar-refractivity contribution is -0.144. The zero-order valence-corrected chi connectivity index (χ0v) is 25.7. The average Bonchev–Trinajstić information content (AvgIpc) is 2.94. The molecule has 0 heterocycles. The van der Waals surface area contributed by atoms with Crippen LogP contribution >= 0.6 is 15.8 Å². The van der Waals surface area contributed by atoms with Crippen LogP contribution in [0.15, 0.2) is 84.9 Å². The summed E-state index contributed by atoms with van der Waals surface area (Å²) in [4.78, 5) is 0. The molecule has 0 atom stereocenters. The third-order valence-corrected chi connectivity index (χ3v) is 12.8. The van der Waals surface area contributed by atoms with Gasteiger partial charge in [-0.25, -0.2) is 0 Å². The zero-order valence-electron chi connectivity index (χ0n) is 23.9. The first-order valence-corrected chi connectivity index (χ1v) is 16.5. The van der Waals surface area contributed by atoms with Gasteiger partial charge in [0.05, 0.1) is 22.3 Å². The van der Waals surface area contributed by atoms with Crippen molar-refractivity contribution in [3.8, 4) is 0 Å². The van der Waals surface area contributed by atoms with Crippen molar-refractivity contribution in [3.05, 3.63) is 118 Å². The average molecular weight is 698 g/mol. The van der Waals surface area contributed by atoms with Crippen LogP contribution in [0.3, 0.4) is 0 Å². The molecular formula is C32H24F12P2. The highest BCUT2D eigenvalue weighted by Gasteiger charge is 2.40. The van der Waals surface area contributed by atoms with Gasteiger partial charge in [0.15, 0.2) is 0 Å². The minimum Gasteiger partial charge on any atom is -0.166 e. The van der Waals surface area contributed by atoms with Crippen LogP contribution in [-0.2, 0) is 24.7 Å². The zero-order chi connectivity index (χ0) is 34.2. The Morgan fingerprint density at radius 1 is 0.413 bits per heavy atom. The molecule has 0 spiro atoms. The molecule has 0 aliphatic carbocycles. The quantitative estimate of drug-likeness (QED) is 0.133. The molecule has 0 aliphatic heterocycles. The molecule has 4 aromatic carbocycles. The summed E-state index contributed by atoms with van der Waals surface area (Å²) in [7, 11) is -4.02. The third kappa shape index (κ3) is 8.43. The Bertz CT molecular complexity index is 1500. The maximum Gasteiger partial charge on any atom is 0.416 e. The van der Waals surface area contributed by atoms with E-state index in [2.05, 4.69) is 0 Å². The van der Waals surface area contributed by atoms with Gasteiger partial charge in [-0.15, -0.1) is 0 Å². The lowest BCUT2D eigenvalue weighted by atomic mass is 10.1. The fraction of sp³-hybridized carbons (Fsp3) is 0.250. The molecular weight excluding hydrogens is 674 g/mol. The van der Waals surface area contributed by atoms with Crippen molar-refractivity contribution < 1.29 is 52.7 Å². The Kier molecular flexibility index (Phi) is 10.2. The Morgan fingerprint density at radius 2 is 0.696 bits per heavy atom. The van der Waals surface area contributed by atoms with Crippen molar-refractivity contribution >= 4 is 37.1 Å². The lowest BCUT2D eigenvalue weighted by Gasteiger charge is -2.27. The summed E-state index contributed by atoms with van der Waals surface area (Å²) in [5, 5.41) is 0.326. The summed E-state index contributed by atoms with van der Waals surface area (Å²) in [6, 6.07) is 15.5. The molecule has 0 amide bonds. The second-order valence-corrected chi connectivity index (χ2v) is 15.0. The first-order chi connectivity index (χ1) is 21.2. The Balaban J connectivity index is 1.98. The summed E-state index contributed by atoms with van der Waals surface area (Å²) in [5.74, 6) is 0. The molecule has 0 unspecified atom stereocenters. The van der Waals surface area contributed by atoms with E-state index in [1.54, 1.807) is 62.4 Å². The van der Waals surface area contributed by atoms with Gasteiger partial charge < -0.3 is 0 Å². The highest BCUT2D eigenvalue weighted by molar-refractivity contribution is 7.76. The maximum atomic E-state index is 13.8. The Hall–Kier alpha value is -3.10. The molecule has 4 rings (SSSR count). The lowest BCUT2D eigenvalue weighted by Crippen LogP contribution is -2.25. The highest BCUT2D eigenvalue weighted by atomic mass is 31.1. The van der Waals surface area contributed by atoms with Crippen molar-refractivity contribution in [2.45, 2.75) is 38.6 Å². The first-order valence-electron chi connectivity index (χ1n) is 13.4. The second kappa shape index (κ2) is 13.2. The number of halogens is 12. The minimum atomic E-state index is -5.28. The number of rotatable bonds is 7. The molecule has 0 fully saturated rings. The summed E-state index contributed by atoms with van der Waals surface area (Å²) >= 11 is 0. The van der Waals surface area contributed by atoms with Crippen molar-refractivity contribution in [3.63, 3.8) is 0 Å². The number of hydrogen-bond acceptors (Lipinski definition) is 0. The molecule has 0 nitrogen and oxygen atoms in total. The van der Waals surface area contributed by atoms with E-state index in [0.717, 1.165) is 21.7 Å². The van der Waals surface area contributed by atoms with Gasteiger partial charge >= 0.3 is 24.7 Å². The molecule has 46 heavy (non-hydrogen) atoms. The fourth-order valence-corrected chi connectivity index (χ4v) is 10.8. The van der Waals surface area contributed by atoms with Gasteiger partial charge in [-0.05, 0) is 111 Å². The van der Waals surface area contributed by atoms with E-state index >= 15 is 0 Å². The molecule has 246 valence electrons. The number of aryl methyl sites for hydroxylation is 2. The number of benzene rings is 4. The van der Waals surface area contributed by atoms with Crippen LogP contribution in [0, 0.1) is 13.8 Å². The molecule has 0 radical (unpaired) electrons. The van der Waals surface area contributed by atoms with E-state index in [1.165, 1.54) is 0 Å². The molecule has 0 bridgehead atoms. The van der Waals surface area contributed by atoms with Gasteiger partial charge in [0.1, 0.15) is 0 Å². The number of hydrogen-bond donors (Lipinski definition) is 0. The fourth-order valence-electron chi connectivity index (χ4n) is 4.90. The minimum absolute atomic E-state index is 0.0476. The molecule has 14 heteroatoms. The van der Waals surface area contributed by atoms with Crippen LogP contribution in [0.25, 0.3) is 0 Å². The predicted molar refractivity (Wildman–Crippen MR) is 157 cm³/mol. The molecule has 0 aliphatic rings. The highest BCUT2D eigenvalue weighted by Crippen LogP contribution is 2.46. The van der Waals surface area contributed by atoms with E-state index < -0.39 is 73.4 Å². The molecule has 0 aromatic heterocycles. The van der Waals surface area contributed by atoms with Crippen molar-refractivity contribution in [2.24, 2.45) is 0 Å². The summed E-state index contributed by atoms with van der Waals surface area (Å²) in [6.07, 6.45) is -21.4. The topological polar surface area (TPSA) is 0 Å². The van der Waals surface area contributed by atoms with Crippen LogP contribution in [0.4, 0.5) is 52.7 Å². The first kappa shape index (κ1) is 35.7. The number of alkyl halides is 12. The normalized spacial score (nSPS) is 13.1. The molecule has 4 aromatic rings. The van der Waals surface area contributed by atoms with Gasteiger partial charge in [-0.2, -0.15) is 52.7 Å². The predicted octanol–water partition coefficient (Wildman–Crippen LogP) is 9.94. The summed E-state index contributed by atoms with van der Waals surface area (Å²) in [5.41, 5.74) is -5.22. The van der Waals surface area contributed by atoms with Gasteiger partial charge in [0.25, 0.3) is 0 Å². The largest absolute Gasteiger partial charge is 0.416 e. The smallest absolute Gasteiger partial charge is 0.166 e. The van der Waals surface area contributed by atoms with Gasteiger partial charge in [-0.1, -0.05) is 48.5 Å². The summed E-state index contributed by atoms with van der Waals surface area (Å²) < 4.78 is 166. The molecule has 0 saturated heterocycles. The second-order valence-electron chi connectivity index (χ2n) is 10.4. The Labute approximate surface area is 259 Å². The van der Waals surface area contributed by atoms with Gasteiger partial charge in [0.2, 0.25) is 0 Å². The van der Waals surface area contributed by atoms with Crippen LogP contribution in [-0.4, -0.2) is 12.3 Å². The molecule has 0 N–H and O–H groups in total. The van der Waals surface area contributed by atoms with Crippen molar-refractivity contribution in [1.29, 1.82) is 0 Å². The van der Waals surface area contributed by atoms with Crippen LogP contribution in [0.2, 0.25) is 0 Å². The van der Waals surface area contributed by atoms with Crippen LogP contribution < -0.4 is 21.2 Å². The van der Waals surface area contributed by atoms with E-state index in [0.29, 0.717) is 24.3 Å². The van der Waals surface area contributed by atoms with E-state index in [-0.39, 0.29) is 24.5 Å². The summed E-state index contributed by atoms with van der Waals surface area (Å²) in [6.45, 7) is 3.60. The maximum absolute atomic E-state index is 13.8. The van der Waals surface area contributed by atoms with Crippen molar-refractivity contribution in [2.75, 3.05) is 12.3 Å². The van der Waals surface area contributed by atoms with E-state index in [4.69, 9.17) is 0 Å². The Morgan fingerprint density at radius 3 is 0.978 bits per heavy atom. The van der Waals surface area contributed by atoms with E-state index in [1.807, 2.05) is 0 Å². The van der Waals surface area contributed by atoms with Crippen LogP contribution in [0.1, 0.15) is 33.4 Å². The van der Waals surface area contributed by atoms with E-state index in [9.17, 15) is 52.7 Å². The monoisotopic (exact) mass is 698 g/mol. The standard InChI is InChI=1S/C32H24F12P2/c1-19-7-3-5-9-27(19)46(28-10-6-4-8-20(28)2)12-11-45(25-15-21(29(33,34)35)13-22(16-25)30(36,37)38)26-17-23(31(39,40)41)14-24(18-26)32(42,43)44/h3-10,13-18H,11-12H2,1-2H3. The third-order valence-electron chi connectivity index (χ3n) is 7.13. The SMILES string of the molecule is Cc1ccccc1P(CCP(c1cc(C(F)(F)F)cc(C(F)(F)F)c1)c1cc(C(F)(F)F)cc(C(F)(F)F)c1)c1ccccc1C. The van der Waals surface area contributed by atoms with Gasteiger partial charge in [0, 0.05) is 0 Å².